The molecular formula is C12H19NO. The Morgan fingerprint density at radius 1 is 1.64 bits per heavy atom. The summed E-state index contributed by atoms with van der Waals surface area (Å²) < 4.78 is 5.64. The van der Waals surface area contributed by atoms with Gasteiger partial charge in [-0.15, -0.1) is 0 Å². The predicted molar refractivity (Wildman–Crippen MR) is 60.3 cm³/mol. The second kappa shape index (κ2) is 5.78. The minimum absolute atomic E-state index is 0.302. The van der Waals surface area contributed by atoms with Gasteiger partial charge < -0.3 is 9.64 Å². The van der Waals surface area contributed by atoms with E-state index in [9.17, 15) is 0 Å². The fourth-order valence-electron chi connectivity index (χ4n) is 1.55. The zero-order chi connectivity index (χ0) is 10.4. The van der Waals surface area contributed by atoms with Crippen molar-refractivity contribution < 1.29 is 4.74 Å². The lowest BCUT2D eigenvalue weighted by Gasteiger charge is -2.30. The maximum atomic E-state index is 5.64. The molecule has 1 fully saturated rings. The van der Waals surface area contributed by atoms with E-state index in [-0.39, 0.29) is 0 Å². The fraction of sp³-hybridized carbons (Fsp3) is 0.500. The van der Waals surface area contributed by atoms with E-state index in [0.717, 1.165) is 31.7 Å². The van der Waals surface area contributed by atoms with Crippen molar-refractivity contribution in [1.82, 2.24) is 4.90 Å². The molecule has 1 unspecified atom stereocenters. The summed E-state index contributed by atoms with van der Waals surface area (Å²) in [6.45, 7) is 10.5. The third kappa shape index (κ3) is 3.90. The lowest BCUT2D eigenvalue weighted by atomic mass is 10.1. The molecule has 0 aromatic rings. The highest BCUT2D eigenvalue weighted by atomic mass is 16.5. The molecule has 2 heteroatoms. The molecule has 14 heavy (non-hydrogen) atoms. The van der Waals surface area contributed by atoms with Gasteiger partial charge in [-0.05, 0) is 13.5 Å². The van der Waals surface area contributed by atoms with E-state index in [2.05, 4.69) is 25.1 Å². The Kier molecular flexibility index (Phi) is 4.63. The molecule has 1 atom stereocenters. The summed E-state index contributed by atoms with van der Waals surface area (Å²) in [6.07, 6.45) is 6.88. The number of likely N-dealkylation sites (N-methyl/N-ethyl adjacent to an activating group) is 1. The zero-order valence-corrected chi connectivity index (χ0v) is 8.91. The molecule has 2 nitrogen and oxygen atoms in total. The summed E-state index contributed by atoms with van der Waals surface area (Å²) in [5, 5.41) is 0. The number of hydrogen-bond donors (Lipinski definition) is 0. The highest BCUT2D eigenvalue weighted by Crippen LogP contribution is 2.12. The molecule has 0 spiro atoms. The van der Waals surface area contributed by atoms with Crippen LogP contribution in [0.4, 0.5) is 0 Å². The van der Waals surface area contributed by atoms with Crippen molar-refractivity contribution in [3.05, 3.63) is 37.0 Å². The standard InChI is InChI=1S/C12H19NO/c1-4-5-6-11(2)9-12-10-13(3)7-8-14-12/h4-6,12H,1-2,7-10H2,3H3/b6-5-. The first-order chi connectivity index (χ1) is 6.72. The number of morpholine rings is 1. The van der Waals surface area contributed by atoms with Crippen molar-refractivity contribution in [2.24, 2.45) is 0 Å². The van der Waals surface area contributed by atoms with Crippen LogP contribution < -0.4 is 0 Å². The van der Waals surface area contributed by atoms with Crippen LogP contribution in [0.2, 0.25) is 0 Å². The highest BCUT2D eigenvalue weighted by Gasteiger charge is 2.17. The summed E-state index contributed by atoms with van der Waals surface area (Å²) in [5.41, 5.74) is 1.10. The maximum absolute atomic E-state index is 5.64. The first-order valence-electron chi connectivity index (χ1n) is 4.99. The normalized spacial score (nSPS) is 23.9. The minimum atomic E-state index is 0.302. The van der Waals surface area contributed by atoms with E-state index in [1.54, 1.807) is 6.08 Å². The number of ether oxygens (including phenoxy) is 1. The van der Waals surface area contributed by atoms with Gasteiger partial charge >= 0.3 is 0 Å². The van der Waals surface area contributed by atoms with E-state index in [4.69, 9.17) is 4.74 Å². The van der Waals surface area contributed by atoms with E-state index in [0.29, 0.717) is 6.10 Å². The number of rotatable bonds is 4. The van der Waals surface area contributed by atoms with Crippen LogP contribution in [0.25, 0.3) is 0 Å². The van der Waals surface area contributed by atoms with Crippen molar-refractivity contribution in [2.75, 3.05) is 26.7 Å². The van der Waals surface area contributed by atoms with Gasteiger partial charge in [0.15, 0.2) is 0 Å². The Morgan fingerprint density at radius 2 is 2.43 bits per heavy atom. The largest absolute Gasteiger partial charge is 0.375 e. The van der Waals surface area contributed by atoms with Gasteiger partial charge in [-0.2, -0.15) is 0 Å². The number of allylic oxidation sites excluding steroid dienone is 3. The average molecular weight is 193 g/mol. The van der Waals surface area contributed by atoms with Crippen LogP contribution in [0.5, 0.6) is 0 Å². The molecule has 1 heterocycles. The molecule has 0 aliphatic carbocycles. The molecule has 0 aromatic carbocycles. The van der Waals surface area contributed by atoms with Gasteiger partial charge in [0.05, 0.1) is 12.7 Å². The average Bonchev–Trinajstić information content (AvgIpc) is 2.15. The smallest absolute Gasteiger partial charge is 0.0742 e. The Labute approximate surface area is 86.6 Å². The van der Waals surface area contributed by atoms with Crippen LogP contribution in [-0.4, -0.2) is 37.7 Å². The van der Waals surface area contributed by atoms with Gasteiger partial charge in [-0.3, -0.25) is 0 Å². The highest BCUT2D eigenvalue weighted by molar-refractivity contribution is 5.18. The molecule has 1 aliphatic heterocycles. The van der Waals surface area contributed by atoms with Crippen molar-refractivity contribution >= 4 is 0 Å². The van der Waals surface area contributed by atoms with Gasteiger partial charge in [-0.25, -0.2) is 0 Å². The Hall–Kier alpha value is -0.860. The van der Waals surface area contributed by atoms with Gasteiger partial charge in [0, 0.05) is 13.1 Å². The maximum Gasteiger partial charge on any atom is 0.0742 e. The summed E-state index contributed by atoms with van der Waals surface area (Å²) in [6, 6.07) is 0. The summed E-state index contributed by atoms with van der Waals surface area (Å²) in [4.78, 5) is 2.29. The van der Waals surface area contributed by atoms with Crippen LogP contribution >= 0.6 is 0 Å². The second-order valence-corrected chi connectivity index (χ2v) is 3.71. The minimum Gasteiger partial charge on any atom is -0.375 e. The summed E-state index contributed by atoms with van der Waals surface area (Å²) in [5.74, 6) is 0. The predicted octanol–water partition coefficient (Wildman–Crippen LogP) is 2.01. The molecule has 1 saturated heterocycles. The molecule has 1 aliphatic rings. The number of nitrogens with zero attached hydrogens (tertiary/aromatic N) is 1. The number of hydrogen-bond acceptors (Lipinski definition) is 2. The molecule has 0 saturated carbocycles. The lowest BCUT2D eigenvalue weighted by Crippen LogP contribution is -2.39. The third-order valence-corrected chi connectivity index (χ3v) is 2.30. The van der Waals surface area contributed by atoms with Crippen molar-refractivity contribution in [1.29, 1.82) is 0 Å². The van der Waals surface area contributed by atoms with Crippen LogP contribution in [-0.2, 0) is 4.74 Å². The van der Waals surface area contributed by atoms with E-state index in [1.165, 1.54) is 0 Å². The van der Waals surface area contributed by atoms with Crippen molar-refractivity contribution in [3.63, 3.8) is 0 Å². The van der Waals surface area contributed by atoms with Crippen LogP contribution in [0, 0.1) is 0 Å². The molecule has 0 radical (unpaired) electrons. The molecule has 1 rings (SSSR count). The first-order valence-corrected chi connectivity index (χ1v) is 4.99. The van der Waals surface area contributed by atoms with Crippen molar-refractivity contribution in [2.45, 2.75) is 12.5 Å². The monoisotopic (exact) mass is 193 g/mol. The van der Waals surface area contributed by atoms with Gasteiger partial charge in [-0.1, -0.05) is 37.0 Å². The van der Waals surface area contributed by atoms with E-state index >= 15 is 0 Å². The topological polar surface area (TPSA) is 12.5 Å². The molecular weight excluding hydrogens is 174 g/mol. The zero-order valence-electron chi connectivity index (χ0n) is 8.91. The van der Waals surface area contributed by atoms with Gasteiger partial charge in [0.25, 0.3) is 0 Å². The van der Waals surface area contributed by atoms with E-state index in [1.807, 2.05) is 12.2 Å². The molecule has 0 aromatic heterocycles. The summed E-state index contributed by atoms with van der Waals surface area (Å²) in [7, 11) is 2.12. The summed E-state index contributed by atoms with van der Waals surface area (Å²) >= 11 is 0. The van der Waals surface area contributed by atoms with Crippen LogP contribution in [0.3, 0.4) is 0 Å². The molecule has 0 bridgehead atoms. The molecule has 0 N–H and O–H groups in total. The molecule has 78 valence electrons. The van der Waals surface area contributed by atoms with Crippen LogP contribution in [0.15, 0.2) is 37.0 Å². The van der Waals surface area contributed by atoms with Gasteiger partial charge in [0.1, 0.15) is 0 Å². The van der Waals surface area contributed by atoms with Gasteiger partial charge in [0.2, 0.25) is 0 Å². The Bertz CT molecular complexity index is 232. The Balaban J connectivity index is 2.32. The van der Waals surface area contributed by atoms with Crippen LogP contribution in [0.1, 0.15) is 6.42 Å². The fourth-order valence-corrected chi connectivity index (χ4v) is 1.55. The quantitative estimate of drug-likeness (QED) is 0.633. The lowest BCUT2D eigenvalue weighted by molar-refractivity contribution is -0.0180. The SMILES string of the molecule is C=C/C=C\C(=C)CC1CN(C)CCO1. The molecule has 0 amide bonds. The van der Waals surface area contributed by atoms with E-state index < -0.39 is 0 Å². The van der Waals surface area contributed by atoms with Crippen molar-refractivity contribution in [3.8, 4) is 0 Å². The Morgan fingerprint density at radius 3 is 3.07 bits per heavy atom. The first kappa shape index (κ1) is 11.2. The second-order valence-electron chi connectivity index (χ2n) is 3.71. The third-order valence-electron chi connectivity index (χ3n) is 2.30.